The first-order valence-corrected chi connectivity index (χ1v) is 8.95. The maximum atomic E-state index is 13.2. The predicted octanol–water partition coefficient (Wildman–Crippen LogP) is 4.40. The highest BCUT2D eigenvalue weighted by Crippen LogP contribution is 2.25. The average Bonchev–Trinajstić information content (AvgIpc) is 2.66. The van der Waals surface area contributed by atoms with Gasteiger partial charge < -0.3 is 0 Å². The minimum absolute atomic E-state index is 0.0682. The van der Waals surface area contributed by atoms with Crippen molar-refractivity contribution in [2.75, 3.05) is 0 Å². The zero-order valence-electron chi connectivity index (χ0n) is 14.9. The molecular weight excluding hydrogens is 308 g/mol. The van der Waals surface area contributed by atoms with Crippen molar-refractivity contribution >= 4 is 0 Å². The summed E-state index contributed by atoms with van der Waals surface area (Å²) in [5.41, 5.74) is 4.01. The molecule has 0 fully saturated rings. The summed E-state index contributed by atoms with van der Waals surface area (Å²) in [6.45, 7) is 4.14. The van der Waals surface area contributed by atoms with Gasteiger partial charge in [-0.3, -0.25) is 9.36 Å². The van der Waals surface area contributed by atoms with E-state index in [1.165, 1.54) is 0 Å². The first-order valence-electron chi connectivity index (χ1n) is 8.95. The maximum Gasteiger partial charge on any atom is 0.257 e. The van der Waals surface area contributed by atoms with Crippen molar-refractivity contribution in [2.24, 2.45) is 0 Å². The number of rotatable bonds is 6. The Morgan fingerprint density at radius 2 is 1.48 bits per heavy atom. The van der Waals surface area contributed by atoms with Gasteiger partial charge in [-0.2, -0.15) is 0 Å². The molecule has 128 valence electrons. The van der Waals surface area contributed by atoms with E-state index in [0.29, 0.717) is 6.42 Å². The van der Waals surface area contributed by atoms with Crippen LogP contribution in [0.25, 0.3) is 0 Å². The van der Waals surface area contributed by atoms with E-state index < -0.39 is 0 Å². The molecule has 3 rings (SSSR count). The molecule has 0 bridgehead atoms. The monoisotopic (exact) mass is 332 g/mol. The summed E-state index contributed by atoms with van der Waals surface area (Å²) in [6.07, 6.45) is 4.26. The van der Waals surface area contributed by atoms with Crippen LogP contribution in [-0.4, -0.2) is 9.55 Å². The van der Waals surface area contributed by atoms with Gasteiger partial charge in [-0.15, -0.1) is 0 Å². The van der Waals surface area contributed by atoms with Crippen LogP contribution in [0.3, 0.4) is 0 Å². The van der Waals surface area contributed by atoms with Gasteiger partial charge in [-0.1, -0.05) is 80.9 Å². The van der Waals surface area contributed by atoms with Crippen LogP contribution in [0.4, 0.5) is 0 Å². The Bertz CT molecular complexity index is 830. The summed E-state index contributed by atoms with van der Waals surface area (Å²) in [4.78, 5) is 17.8. The van der Waals surface area contributed by atoms with Crippen molar-refractivity contribution in [3.8, 4) is 0 Å². The first-order chi connectivity index (χ1) is 12.3. The number of benzene rings is 2. The summed E-state index contributed by atoms with van der Waals surface area (Å²) in [5, 5.41) is 0. The molecule has 0 amide bonds. The largest absolute Gasteiger partial charge is 0.287 e. The second-order valence-electron chi connectivity index (χ2n) is 6.21. The third-order valence-electron chi connectivity index (χ3n) is 4.53. The third kappa shape index (κ3) is 3.55. The highest BCUT2D eigenvalue weighted by Gasteiger charge is 2.20. The van der Waals surface area contributed by atoms with E-state index in [9.17, 15) is 4.79 Å². The second kappa shape index (κ2) is 7.93. The Kier molecular flexibility index (Phi) is 5.44. The van der Waals surface area contributed by atoms with Crippen LogP contribution in [0.2, 0.25) is 0 Å². The van der Waals surface area contributed by atoms with Gasteiger partial charge in [0, 0.05) is 5.56 Å². The van der Waals surface area contributed by atoms with Crippen LogP contribution in [-0.2, 0) is 12.8 Å². The molecule has 2 aromatic carbocycles. The minimum atomic E-state index is -0.164. The zero-order valence-corrected chi connectivity index (χ0v) is 14.9. The van der Waals surface area contributed by atoms with Gasteiger partial charge in [-0.25, -0.2) is 4.98 Å². The molecule has 0 aliphatic heterocycles. The van der Waals surface area contributed by atoms with Crippen molar-refractivity contribution < 1.29 is 0 Å². The summed E-state index contributed by atoms with van der Waals surface area (Å²) in [6, 6.07) is 20.1. The molecule has 0 atom stereocenters. The fourth-order valence-electron chi connectivity index (χ4n) is 3.32. The summed E-state index contributed by atoms with van der Waals surface area (Å²) >= 11 is 0. The van der Waals surface area contributed by atoms with Gasteiger partial charge in [0.25, 0.3) is 5.56 Å². The maximum absolute atomic E-state index is 13.2. The van der Waals surface area contributed by atoms with Crippen molar-refractivity contribution in [3.05, 3.63) is 99.7 Å². The SMILES string of the molecule is CCCc1ncn(C(c2ccccc2)c2ccccc2)c(=O)c1CC. The highest BCUT2D eigenvalue weighted by atomic mass is 16.1. The number of hydrogen-bond acceptors (Lipinski definition) is 2. The molecule has 1 heterocycles. The first kappa shape index (κ1) is 17.2. The molecule has 3 aromatic rings. The van der Waals surface area contributed by atoms with E-state index >= 15 is 0 Å². The second-order valence-corrected chi connectivity index (χ2v) is 6.21. The molecule has 0 unspecified atom stereocenters. The summed E-state index contributed by atoms with van der Waals surface area (Å²) in [7, 11) is 0. The molecule has 0 N–H and O–H groups in total. The number of hydrogen-bond donors (Lipinski definition) is 0. The molecular formula is C22H24N2O. The molecule has 3 nitrogen and oxygen atoms in total. The fraction of sp³-hybridized carbons (Fsp3) is 0.273. The summed E-state index contributed by atoms with van der Waals surface area (Å²) in [5.74, 6) is 0. The van der Waals surface area contributed by atoms with E-state index in [1.54, 1.807) is 10.9 Å². The quantitative estimate of drug-likeness (QED) is 0.671. The smallest absolute Gasteiger partial charge is 0.257 e. The Hall–Kier alpha value is -2.68. The van der Waals surface area contributed by atoms with Gasteiger partial charge >= 0.3 is 0 Å². The predicted molar refractivity (Wildman–Crippen MR) is 102 cm³/mol. The zero-order chi connectivity index (χ0) is 17.6. The molecule has 0 spiro atoms. The average molecular weight is 332 g/mol. The van der Waals surface area contributed by atoms with Crippen molar-refractivity contribution in [1.29, 1.82) is 0 Å². The lowest BCUT2D eigenvalue weighted by Crippen LogP contribution is -2.30. The van der Waals surface area contributed by atoms with E-state index in [-0.39, 0.29) is 11.6 Å². The van der Waals surface area contributed by atoms with Crippen molar-refractivity contribution in [2.45, 2.75) is 39.2 Å². The molecule has 1 aromatic heterocycles. The highest BCUT2D eigenvalue weighted by molar-refractivity contribution is 5.33. The fourth-order valence-corrected chi connectivity index (χ4v) is 3.32. The number of nitrogens with zero attached hydrogens (tertiary/aromatic N) is 2. The number of aromatic nitrogens is 2. The van der Waals surface area contributed by atoms with E-state index in [0.717, 1.165) is 35.2 Å². The molecule has 0 aliphatic rings. The van der Waals surface area contributed by atoms with E-state index in [2.05, 4.69) is 36.2 Å². The van der Waals surface area contributed by atoms with Gasteiger partial charge in [0.15, 0.2) is 0 Å². The van der Waals surface area contributed by atoms with Crippen molar-refractivity contribution in [1.82, 2.24) is 9.55 Å². The lowest BCUT2D eigenvalue weighted by atomic mass is 9.98. The molecule has 0 saturated heterocycles. The lowest BCUT2D eigenvalue weighted by Gasteiger charge is -2.22. The molecule has 0 saturated carbocycles. The van der Waals surface area contributed by atoms with Crippen LogP contribution >= 0.6 is 0 Å². The van der Waals surface area contributed by atoms with E-state index in [4.69, 9.17) is 0 Å². The standard InChI is InChI=1S/C22H24N2O/c1-3-11-20-19(4-2)22(25)24(16-23-20)21(17-12-7-5-8-13-17)18-14-9-6-10-15-18/h5-10,12-16,21H,3-4,11H2,1-2H3. The Balaban J connectivity index is 2.20. The Morgan fingerprint density at radius 1 is 0.920 bits per heavy atom. The van der Waals surface area contributed by atoms with E-state index in [1.807, 2.05) is 43.3 Å². The normalized spacial score (nSPS) is 11.0. The van der Waals surface area contributed by atoms with Crippen LogP contribution in [0.5, 0.6) is 0 Å². The van der Waals surface area contributed by atoms with Gasteiger partial charge in [0.05, 0.1) is 18.1 Å². The molecule has 25 heavy (non-hydrogen) atoms. The molecule has 0 radical (unpaired) electrons. The Morgan fingerprint density at radius 3 is 1.96 bits per heavy atom. The topological polar surface area (TPSA) is 34.9 Å². The minimum Gasteiger partial charge on any atom is -0.287 e. The summed E-state index contributed by atoms with van der Waals surface area (Å²) < 4.78 is 1.78. The Labute approximate surface area is 149 Å². The van der Waals surface area contributed by atoms with Crippen LogP contribution in [0, 0.1) is 0 Å². The van der Waals surface area contributed by atoms with Gasteiger partial charge in [-0.05, 0) is 24.0 Å². The molecule has 0 aliphatic carbocycles. The lowest BCUT2D eigenvalue weighted by molar-refractivity contribution is 0.618. The van der Waals surface area contributed by atoms with Gasteiger partial charge in [0.1, 0.15) is 0 Å². The van der Waals surface area contributed by atoms with Crippen molar-refractivity contribution in [3.63, 3.8) is 0 Å². The van der Waals surface area contributed by atoms with Crippen LogP contribution in [0.15, 0.2) is 71.8 Å². The number of aryl methyl sites for hydroxylation is 1. The van der Waals surface area contributed by atoms with Gasteiger partial charge in [0.2, 0.25) is 0 Å². The third-order valence-corrected chi connectivity index (χ3v) is 4.53. The van der Waals surface area contributed by atoms with Crippen LogP contribution < -0.4 is 5.56 Å². The van der Waals surface area contributed by atoms with Crippen LogP contribution in [0.1, 0.15) is 48.7 Å². The molecule has 3 heteroatoms.